The van der Waals surface area contributed by atoms with Gasteiger partial charge < -0.3 is 20.8 Å². The molecule has 1 aliphatic carbocycles. The topological polar surface area (TPSA) is 177 Å². The Kier molecular flexibility index (Phi) is 7.80. The summed E-state index contributed by atoms with van der Waals surface area (Å²) in [6.07, 6.45) is 1.17. The van der Waals surface area contributed by atoms with Crippen molar-refractivity contribution in [1.82, 2.24) is 15.3 Å². The van der Waals surface area contributed by atoms with Gasteiger partial charge in [-0.1, -0.05) is 35.9 Å². The Morgan fingerprint density at radius 1 is 1.26 bits per heavy atom. The normalized spacial score (nSPS) is 25.2. The number of ketones is 1. The zero-order chi connectivity index (χ0) is 27.0. The molecule has 14 heteroatoms. The molecule has 1 fully saturated rings. The number of carbonyl (C=O) groups is 1. The van der Waals surface area contributed by atoms with E-state index < -0.39 is 34.5 Å². The van der Waals surface area contributed by atoms with Crippen LogP contribution in [-0.2, 0) is 20.9 Å². The summed E-state index contributed by atoms with van der Waals surface area (Å²) in [6.45, 7) is 0.399. The van der Waals surface area contributed by atoms with Crippen molar-refractivity contribution in [2.75, 3.05) is 18.5 Å². The average Bonchev–Trinajstić information content (AvgIpc) is 3.41. The van der Waals surface area contributed by atoms with Crippen molar-refractivity contribution in [3.8, 4) is 0 Å². The highest BCUT2D eigenvalue weighted by Gasteiger charge is 2.42. The molecule has 0 spiro atoms. The molecule has 3 aromatic rings. The first kappa shape index (κ1) is 27.1. The summed E-state index contributed by atoms with van der Waals surface area (Å²) in [6, 6.07) is 9.04. The van der Waals surface area contributed by atoms with Crippen LogP contribution >= 0.6 is 22.9 Å². The van der Waals surface area contributed by atoms with Gasteiger partial charge in [-0.15, -0.1) is 11.3 Å². The van der Waals surface area contributed by atoms with Gasteiger partial charge in [0, 0.05) is 24.2 Å². The van der Waals surface area contributed by atoms with Crippen LogP contribution in [0.25, 0.3) is 0 Å². The Morgan fingerprint density at radius 3 is 2.84 bits per heavy atom. The number of halogens is 1. The van der Waals surface area contributed by atoms with Gasteiger partial charge in [-0.2, -0.15) is 8.42 Å². The monoisotopic (exact) mass is 579 g/mol. The number of nitrogens with two attached hydrogens (primary N) is 1. The van der Waals surface area contributed by atoms with Crippen LogP contribution in [0, 0.1) is 5.92 Å². The van der Waals surface area contributed by atoms with Gasteiger partial charge >= 0.3 is 10.3 Å². The molecule has 0 saturated heterocycles. The van der Waals surface area contributed by atoms with Gasteiger partial charge in [0.2, 0.25) is 5.78 Å². The summed E-state index contributed by atoms with van der Waals surface area (Å²) in [7, 11) is -4.20. The van der Waals surface area contributed by atoms with Crippen molar-refractivity contribution in [3.05, 3.63) is 74.3 Å². The van der Waals surface area contributed by atoms with Gasteiger partial charge in [0.15, 0.2) is 0 Å². The molecule has 5 atom stereocenters. The van der Waals surface area contributed by atoms with Crippen LogP contribution in [0.5, 0.6) is 0 Å². The van der Waals surface area contributed by atoms with Crippen molar-refractivity contribution in [2.45, 2.75) is 37.1 Å². The van der Waals surface area contributed by atoms with E-state index in [-0.39, 0.29) is 36.2 Å². The first-order valence-electron chi connectivity index (χ1n) is 11.9. The number of hydrogen-bond donors (Lipinski definition) is 5. The summed E-state index contributed by atoms with van der Waals surface area (Å²) in [5.41, 5.74) is 3.34. The van der Waals surface area contributed by atoms with E-state index in [1.54, 1.807) is 6.07 Å². The molecule has 202 valence electrons. The molecule has 1 aliphatic heterocycles. The number of rotatable bonds is 8. The lowest BCUT2D eigenvalue weighted by Crippen LogP contribution is -2.36. The maximum Gasteiger partial charge on any atom is 0.333 e. The van der Waals surface area contributed by atoms with Crippen LogP contribution in [0.15, 0.2) is 42.9 Å². The standard InChI is InChI=1S/C24H26ClN5O6S2/c25-23-15(19-14-4-2-1-3-12(14)5-6-28-19)8-18(37-23)21(32)16-9-27-11-29-24(16)30-17-7-13(20(31)22(17)33)10-36-38(26,34)35/h1-4,8-9,11,13,17,19-20,22,28,31,33H,5-7,10H2,(H2,26,34,35)(H,27,29,30)/t13-,17-,19-,20-,22+/m1/s1. The van der Waals surface area contributed by atoms with E-state index in [1.807, 2.05) is 12.1 Å². The van der Waals surface area contributed by atoms with Crippen molar-refractivity contribution in [2.24, 2.45) is 11.1 Å². The Morgan fingerprint density at radius 2 is 2.05 bits per heavy atom. The molecule has 3 heterocycles. The molecule has 0 bridgehead atoms. The van der Waals surface area contributed by atoms with E-state index in [4.69, 9.17) is 16.7 Å². The van der Waals surface area contributed by atoms with Gasteiger partial charge in [-0.05, 0) is 30.0 Å². The fraction of sp³-hybridized carbons (Fsp3) is 0.375. The Hall–Kier alpha value is -2.49. The highest BCUT2D eigenvalue weighted by molar-refractivity contribution is 7.84. The second-order valence-corrected chi connectivity index (χ2v) is 12.2. The molecule has 0 unspecified atom stereocenters. The quantitative estimate of drug-likeness (QED) is 0.245. The number of nitrogens with zero attached hydrogens (tertiary/aromatic N) is 2. The van der Waals surface area contributed by atoms with Crippen LogP contribution in [-0.4, -0.2) is 65.8 Å². The lowest BCUT2D eigenvalue weighted by molar-refractivity contribution is 0.00778. The van der Waals surface area contributed by atoms with Gasteiger partial charge in [-0.3, -0.25) is 8.98 Å². The van der Waals surface area contributed by atoms with Gasteiger partial charge in [0.1, 0.15) is 18.2 Å². The van der Waals surface area contributed by atoms with Gasteiger partial charge in [0.25, 0.3) is 0 Å². The molecule has 11 nitrogen and oxygen atoms in total. The molecular weight excluding hydrogens is 554 g/mol. The molecule has 38 heavy (non-hydrogen) atoms. The maximum atomic E-state index is 13.6. The van der Waals surface area contributed by atoms with E-state index in [2.05, 4.69) is 36.9 Å². The summed E-state index contributed by atoms with van der Waals surface area (Å²) in [5.74, 6) is -0.884. The summed E-state index contributed by atoms with van der Waals surface area (Å²) < 4.78 is 27.3. The zero-order valence-electron chi connectivity index (χ0n) is 20.0. The Balaban J connectivity index is 1.36. The van der Waals surface area contributed by atoms with Crippen LogP contribution in [0.1, 0.15) is 44.4 Å². The Bertz CT molecular complexity index is 1450. The lowest BCUT2D eigenvalue weighted by atomic mass is 9.91. The SMILES string of the molecule is NS(=O)(=O)OC[C@H]1C[C@@H](Nc2ncncc2C(=O)c2cc([C@@H]3NCCc4ccccc43)c(Cl)s2)[C@H](O)[C@@H]1O. The van der Waals surface area contributed by atoms with E-state index >= 15 is 0 Å². The summed E-state index contributed by atoms with van der Waals surface area (Å²) in [4.78, 5) is 22.1. The number of benzene rings is 1. The molecule has 0 amide bonds. The second-order valence-electron chi connectivity index (χ2n) is 9.29. The lowest BCUT2D eigenvalue weighted by Gasteiger charge is -2.26. The van der Waals surface area contributed by atoms with Crippen molar-refractivity contribution < 1.29 is 27.6 Å². The number of hydrogen-bond acceptors (Lipinski definition) is 11. The number of thiophene rings is 1. The summed E-state index contributed by atoms with van der Waals surface area (Å²) in [5, 5.41) is 32.2. The van der Waals surface area contributed by atoms with Gasteiger partial charge in [0.05, 0.1) is 39.6 Å². The van der Waals surface area contributed by atoms with Crippen LogP contribution < -0.4 is 15.8 Å². The molecule has 0 radical (unpaired) electrons. The predicted octanol–water partition coefficient (Wildman–Crippen LogP) is 1.40. The van der Waals surface area contributed by atoms with E-state index in [0.29, 0.717) is 9.21 Å². The van der Waals surface area contributed by atoms with E-state index in [9.17, 15) is 23.4 Å². The smallest absolute Gasteiger partial charge is 0.333 e. The highest BCUT2D eigenvalue weighted by atomic mass is 35.5. The van der Waals surface area contributed by atoms with Crippen LogP contribution in [0.2, 0.25) is 4.34 Å². The van der Waals surface area contributed by atoms with Crippen molar-refractivity contribution in [1.29, 1.82) is 0 Å². The Labute approximate surface area is 228 Å². The number of nitrogens with one attached hydrogen (secondary N) is 2. The minimum Gasteiger partial charge on any atom is -0.390 e. The van der Waals surface area contributed by atoms with Crippen molar-refractivity contribution in [3.63, 3.8) is 0 Å². The molecule has 1 saturated carbocycles. The first-order valence-corrected chi connectivity index (χ1v) is 14.5. The summed E-state index contributed by atoms with van der Waals surface area (Å²) >= 11 is 7.79. The minimum atomic E-state index is -4.20. The number of carbonyl (C=O) groups excluding carboxylic acids is 1. The molecule has 2 aromatic heterocycles. The zero-order valence-corrected chi connectivity index (χ0v) is 22.3. The predicted molar refractivity (Wildman–Crippen MR) is 141 cm³/mol. The number of aliphatic hydroxyl groups is 2. The molecule has 1 aromatic carbocycles. The fourth-order valence-corrected chi connectivity index (χ4v) is 6.66. The average molecular weight is 580 g/mol. The molecular formula is C24H26ClN5O6S2. The minimum absolute atomic E-state index is 0.138. The van der Waals surface area contributed by atoms with Crippen LogP contribution in [0.4, 0.5) is 5.82 Å². The first-order chi connectivity index (χ1) is 18.1. The molecule has 2 aliphatic rings. The number of aromatic nitrogens is 2. The van der Waals surface area contributed by atoms with Crippen molar-refractivity contribution >= 4 is 44.8 Å². The number of fused-ring (bicyclic) bond motifs is 1. The molecule has 6 N–H and O–H groups in total. The molecule has 5 rings (SSSR count). The number of aliphatic hydroxyl groups excluding tert-OH is 2. The third-order valence-electron chi connectivity index (χ3n) is 6.88. The van der Waals surface area contributed by atoms with E-state index in [1.165, 1.54) is 29.4 Å². The highest BCUT2D eigenvalue weighted by Crippen LogP contribution is 2.39. The second kappa shape index (κ2) is 10.9. The third kappa shape index (κ3) is 5.60. The van der Waals surface area contributed by atoms with Gasteiger partial charge in [-0.25, -0.2) is 15.1 Å². The fourth-order valence-electron chi connectivity index (χ4n) is 5.01. The number of anilines is 1. The van der Waals surface area contributed by atoms with Crippen LogP contribution in [0.3, 0.4) is 0 Å². The van der Waals surface area contributed by atoms with E-state index in [0.717, 1.165) is 24.1 Å². The largest absolute Gasteiger partial charge is 0.390 e. The third-order valence-corrected chi connectivity index (χ3v) is 8.74. The maximum absolute atomic E-state index is 13.6.